The smallest absolute Gasteiger partial charge is 0.0123 e. The van der Waals surface area contributed by atoms with Crippen molar-refractivity contribution in [1.29, 1.82) is 0 Å². The molecule has 0 nitrogen and oxygen atoms in total. The second kappa shape index (κ2) is 8.67. The largest absolute Gasteiger partial charge is 0.0769 e. The lowest BCUT2D eigenvalue weighted by molar-refractivity contribution is 1.10. The van der Waals surface area contributed by atoms with Crippen molar-refractivity contribution in [3.8, 4) is 0 Å². The maximum absolute atomic E-state index is 2.33. The molecule has 1 aromatic carbocycles. The number of rotatable bonds is 5. The molecule has 0 fully saturated rings. The van der Waals surface area contributed by atoms with Crippen molar-refractivity contribution in [3.63, 3.8) is 0 Å². The Bertz CT molecular complexity index is 639. The van der Waals surface area contributed by atoms with Crippen LogP contribution in [0.25, 0.3) is 11.6 Å². The summed E-state index contributed by atoms with van der Waals surface area (Å²) in [7, 11) is 0. The topological polar surface area (TPSA) is 0 Å². The normalized spacial score (nSPS) is 15.0. The zero-order chi connectivity index (χ0) is 15.8. The molecule has 0 heteroatoms. The van der Waals surface area contributed by atoms with E-state index >= 15 is 0 Å². The minimum absolute atomic E-state index is 1.06. The molecule has 0 spiro atoms. The second-order valence-corrected chi connectivity index (χ2v) is 5.69. The summed E-state index contributed by atoms with van der Waals surface area (Å²) in [4.78, 5) is 0. The summed E-state index contributed by atoms with van der Waals surface area (Å²) in [6, 6.07) is 4.50. The Hall–Kier alpha value is -1.56. The molecule has 0 saturated heterocycles. The van der Waals surface area contributed by atoms with Gasteiger partial charge in [-0.1, -0.05) is 62.8 Å². The maximum Gasteiger partial charge on any atom is -0.0123 e. The van der Waals surface area contributed by atoms with E-state index in [9.17, 15) is 0 Å². The lowest BCUT2D eigenvalue weighted by Crippen LogP contribution is -2.30. The standard InChI is InChI=1S/C21H30/c1-7-11-20-15-14-17(5)18(6)21(20)19(9-3)13-10-12-16(4)8-2/h10-15H,7-9H2,1-6H3/b13-10-,16-12+,20-11-,21-19+. The molecule has 0 aliphatic heterocycles. The highest BCUT2D eigenvalue weighted by Gasteiger charge is 2.00. The molecule has 0 aliphatic carbocycles. The van der Waals surface area contributed by atoms with Crippen LogP contribution in [-0.2, 0) is 0 Å². The molecule has 0 aliphatic rings. The maximum atomic E-state index is 2.33. The zero-order valence-electron chi connectivity index (χ0n) is 14.6. The average Bonchev–Trinajstić information content (AvgIpc) is 2.48. The van der Waals surface area contributed by atoms with Gasteiger partial charge in [-0.3, -0.25) is 0 Å². The molecular formula is C21H30. The summed E-state index contributed by atoms with van der Waals surface area (Å²) >= 11 is 0. The van der Waals surface area contributed by atoms with Crippen LogP contribution < -0.4 is 10.4 Å². The quantitative estimate of drug-likeness (QED) is 0.669. The highest BCUT2D eigenvalue weighted by molar-refractivity contribution is 5.59. The van der Waals surface area contributed by atoms with Gasteiger partial charge in [0.15, 0.2) is 0 Å². The van der Waals surface area contributed by atoms with Gasteiger partial charge in [-0.15, -0.1) is 0 Å². The minimum atomic E-state index is 1.06. The van der Waals surface area contributed by atoms with Gasteiger partial charge in [0.1, 0.15) is 0 Å². The van der Waals surface area contributed by atoms with Crippen LogP contribution in [-0.4, -0.2) is 0 Å². The van der Waals surface area contributed by atoms with Gasteiger partial charge in [0.2, 0.25) is 0 Å². The molecule has 0 radical (unpaired) electrons. The third kappa shape index (κ3) is 4.74. The van der Waals surface area contributed by atoms with E-state index in [0.717, 1.165) is 19.3 Å². The fourth-order valence-electron chi connectivity index (χ4n) is 2.48. The average molecular weight is 282 g/mol. The molecular weight excluding hydrogens is 252 g/mol. The summed E-state index contributed by atoms with van der Waals surface area (Å²) < 4.78 is 0. The van der Waals surface area contributed by atoms with E-state index in [2.05, 4.69) is 78.0 Å². The van der Waals surface area contributed by atoms with E-state index in [1.54, 1.807) is 0 Å². The van der Waals surface area contributed by atoms with Gasteiger partial charge < -0.3 is 0 Å². The molecule has 21 heavy (non-hydrogen) atoms. The molecule has 0 bridgehead atoms. The summed E-state index contributed by atoms with van der Waals surface area (Å²) in [5.74, 6) is 0. The predicted molar refractivity (Wildman–Crippen MR) is 96.8 cm³/mol. The molecule has 1 aromatic rings. The summed E-state index contributed by atoms with van der Waals surface area (Å²) in [5.41, 5.74) is 5.63. The third-order valence-electron chi connectivity index (χ3n) is 4.13. The highest BCUT2D eigenvalue weighted by atomic mass is 14.0. The van der Waals surface area contributed by atoms with Crippen LogP contribution in [0, 0.1) is 13.8 Å². The van der Waals surface area contributed by atoms with E-state index in [1.165, 1.54) is 32.7 Å². The van der Waals surface area contributed by atoms with Gasteiger partial charge in [-0.05, 0) is 67.2 Å². The first-order valence-corrected chi connectivity index (χ1v) is 8.18. The third-order valence-corrected chi connectivity index (χ3v) is 4.13. The van der Waals surface area contributed by atoms with Crippen molar-refractivity contribution in [2.24, 2.45) is 0 Å². The van der Waals surface area contributed by atoms with Crippen LogP contribution in [0.4, 0.5) is 0 Å². The molecule has 1 rings (SSSR count). The molecule has 0 heterocycles. The first-order chi connectivity index (χ1) is 10.0. The van der Waals surface area contributed by atoms with Crippen LogP contribution in [0.5, 0.6) is 0 Å². The number of aryl methyl sites for hydroxylation is 1. The van der Waals surface area contributed by atoms with E-state index in [0.29, 0.717) is 0 Å². The number of hydrogen-bond acceptors (Lipinski definition) is 0. The molecule has 114 valence electrons. The Kier molecular flexibility index (Phi) is 7.22. The van der Waals surface area contributed by atoms with Crippen molar-refractivity contribution < 1.29 is 0 Å². The Morgan fingerprint density at radius 1 is 1.05 bits per heavy atom. The molecule has 0 amide bonds. The van der Waals surface area contributed by atoms with Gasteiger partial charge in [-0.25, -0.2) is 0 Å². The fourth-order valence-corrected chi connectivity index (χ4v) is 2.48. The Morgan fingerprint density at radius 2 is 1.76 bits per heavy atom. The van der Waals surface area contributed by atoms with Crippen molar-refractivity contribution in [2.75, 3.05) is 0 Å². The van der Waals surface area contributed by atoms with Crippen molar-refractivity contribution in [3.05, 3.63) is 57.5 Å². The summed E-state index contributed by atoms with van der Waals surface area (Å²) in [6.07, 6.45) is 12.3. The molecule has 0 N–H and O–H groups in total. The Morgan fingerprint density at radius 3 is 2.33 bits per heavy atom. The molecule has 0 atom stereocenters. The van der Waals surface area contributed by atoms with E-state index in [-0.39, 0.29) is 0 Å². The number of benzene rings is 1. The molecule has 0 aromatic heterocycles. The van der Waals surface area contributed by atoms with Gasteiger partial charge in [-0.2, -0.15) is 0 Å². The highest BCUT2D eigenvalue weighted by Crippen LogP contribution is 2.06. The first kappa shape index (κ1) is 17.5. The van der Waals surface area contributed by atoms with Crippen molar-refractivity contribution >= 4 is 11.6 Å². The van der Waals surface area contributed by atoms with Crippen molar-refractivity contribution in [2.45, 2.75) is 60.8 Å². The second-order valence-electron chi connectivity index (χ2n) is 5.69. The lowest BCUT2D eigenvalue weighted by Gasteiger charge is -2.06. The van der Waals surface area contributed by atoms with Gasteiger partial charge >= 0.3 is 0 Å². The van der Waals surface area contributed by atoms with E-state index in [4.69, 9.17) is 0 Å². The predicted octanol–water partition coefficient (Wildman–Crippen LogP) is 4.97. The summed E-state index contributed by atoms with van der Waals surface area (Å²) in [5, 5.41) is 2.80. The SMILES string of the molecule is CC/C=c1/ccc(C)c(C)/c1=C(\C=C/C=C(\C)CC)CC. The minimum Gasteiger partial charge on any atom is -0.0769 e. The lowest BCUT2D eigenvalue weighted by atomic mass is 9.99. The Labute approximate surface area is 130 Å². The first-order valence-electron chi connectivity index (χ1n) is 8.18. The van der Waals surface area contributed by atoms with Crippen LogP contribution in [0.2, 0.25) is 0 Å². The van der Waals surface area contributed by atoms with Gasteiger partial charge in [0.25, 0.3) is 0 Å². The van der Waals surface area contributed by atoms with Crippen molar-refractivity contribution in [1.82, 2.24) is 0 Å². The van der Waals surface area contributed by atoms with Crippen LogP contribution in [0.15, 0.2) is 35.9 Å². The van der Waals surface area contributed by atoms with Crippen LogP contribution in [0.1, 0.15) is 58.1 Å². The van der Waals surface area contributed by atoms with Crippen LogP contribution >= 0.6 is 0 Å². The van der Waals surface area contributed by atoms with E-state index in [1.807, 2.05) is 0 Å². The fraction of sp³-hybridized carbons (Fsp3) is 0.429. The van der Waals surface area contributed by atoms with Gasteiger partial charge in [0, 0.05) is 0 Å². The van der Waals surface area contributed by atoms with E-state index < -0.39 is 0 Å². The monoisotopic (exact) mass is 282 g/mol. The molecule has 0 saturated carbocycles. The molecule has 0 unspecified atom stereocenters. The Balaban J connectivity index is 3.56. The number of allylic oxidation sites excluding steroid dienone is 4. The van der Waals surface area contributed by atoms with Crippen LogP contribution in [0.3, 0.4) is 0 Å². The number of hydrogen-bond donors (Lipinski definition) is 0. The zero-order valence-corrected chi connectivity index (χ0v) is 14.6. The summed E-state index contributed by atoms with van der Waals surface area (Å²) in [6.45, 7) is 13.3. The van der Waals surface area contributed by atoms with Gasteiger partial charge in [0.05, 0.1) is 0 Å².